The SMILES string of the molecule is CCCNC(CC(=O)Nc1c(C)cccc1C)C(=O)O. The van der Waals surface area contributed by atoms with E-state index < -0.39 is 12.0 Å². The van der Waals surface area contributed by atoms with E-state index in [4.69, 9.17) is 5.11 Å². The summed E-state index contributed by atoms with van der Waals surface area (Å²) in [7, 11) is 0. The Labute approximate surface area is 119 Å². The van der Waals surface area contributed by atoms with Crippen LogP contribution in [0.25, 0.3) is 0 Å². The lowest BCUT2D eigenvalue weighted by Gasteiger charge is -2.15. The number of carbonyl (C=O) groups excluding carboxylic acids is 1. The molecule has 0 aliphatic heterocycles. The van der Waals surface area contributed by atoms with E-state index >= 15 is 0 Å². The topological polar surface area (TPSA) is 78.4 Å². The van der Waals surface area contributed by atoms with Gasteiger partial charge in [-0.3, -0.25) is 9.59 Å². The monoisotopic (exact) mass is 278 g/mol. The number of anilines is 1. The van der Waals surface area contributed by atoms with Crippen molar-refractivity contribution < 1.29 is 14.7 Å². The predicted molar refractivity (Wildman–Crippen MR) is 78.9 cm³/mol. The van der Waals surface area contributed by atoms with E-state index in [1.807, 2.05) is 39.0 Å². The highest BCUT2D eigenvalue weighted by Gasteiger charge is 2.20. The van der Waals surface area contributed by atoms with Crippen LogP contribution >= 0.6 is 0 Å². The van der Waals surface area contributed by atoms with Crippen molar-refractivity contribution in [2.45, 2.75) is 39.7 Å². The summed E-state index contributed by atoms with van der Waals surface area (Å²) >= 11 is 0. The predicted octanol–water partition coefficient (Wildman–Crippen LogP) is 2.08. The van der Waals surface area contributed by atoms with Gasteiger partial charge in [-0.05, 0) is 37.9 Å². The molecule has 0 aromatic heterocycles. The number of hydrogen-bond donors (Lipinski definition) is 3. The van der Waals surface area contributed by atoms with Gasteiger partial charge in [-0.1, -0.05) is 25.1 Å². The number of carboxylic acids is 1. The maximum absolute atomic E-state index is 12.0. The number of carboxylic acid groups (broad SMARTS) is 1. The van der Waals surface area contributed by atoms with Crippen LogP contribution in [-0.4, -0.2) is 29.6 Å². The summed E-state index contributed by atoms with van der Waals surface area (Å²) in [5.74, 6) is -1.30. The molecule has 0 saturated heterocycles. The average Bonchev–Trinajstić information content (AvgIpc) is 2.38. The summed E-state index contributed by atoms with van der Waals surface area (Å²) in [6.07, 6.45) is 0.741. The molecule has 1 aromatic carbocycles. The fourth-order valence-corrected chi connectivity index (χ4v) is 1.95. The minimum atomic E-state index is -1.00. The van der Waals surface area contributed by atoms with Crippen LogP contribution in [0.3, 0.4) is 0 Å². The molecule has 1 amide bonds. The molecule has 20 heavy (non-hydrogen) atoms. The van der Waals surface area contributed by atoms with Gasteiger partial charge in [0.2, 0.25) is 5.91 Å². The van der Waals surface area contributed by atoms with E-state index in [-0.39, 0.29) is 12.3 Å². The third kappa shape index (κ3) is 4.66. The van der Waals surface area contributed by atoms with E-state index in [1.54, 1.807) is 0 Å². The second-order valence-electron chi connectivity index (χ2n) is 4.86. The van der Waals surface area contributed by atoms with Gasteiger partial charge >= 0.3 is 5.97 Å². The largest absolute Gasteiger partial charge is 0.480 e. The summed E-state index contributed by atoms with van der Waals surface area (Å²) in [4.78, 5) is 23.1. The molecule has 0 radical (unpaired) electrons. The Morgan fingerprint density at radius 3 is 2.35 bits per heavy atom. The first-order valence-corrected chi connectivity index (χ1v) is 6.78. The normalized spacial score (nSPS) is 11.9. The summed E-state index contributed by atoms with van der Waals surface area (Å²) in [6.45, 7) is 6.34. The number of hydrogen-bond acceptors (Lipinski definition) is 3. The Bertz CT molecular complexity index is 466. The molecule has 1 aromatic rings. The van der Waals surface area contributed by atoms with Gasteiger partial charge < -0.3 is 15.7 Å². The van der Waals surface area contributed by atoms with Gasteiger partial charge in [0.05, 0.1) is 6.42 Å². The molecular weight excluding hydrogens is 256 g/mol. The second-order valence-corrected chi connectivity index (χ2v) is 4.86. The van der Waals surface area contributed by atoms with Crippen LogP contribution in [0.2, 0.25) is 0 Å². The number of aryl methyl sites for hydroxylation is 2. The average molecular weight is 278 g/mol. The molecular formula is C15H22N2O3. The molecule has 110 valence electrons. The molecule has 1 rings (SSSR count). The van der Waals surface area contributed by atoms with Crippen LogP contribution in [0, 0.1) is 13.8 Å². The van der Waals surface area contributed by atoms with Crippen molar-refractivity contribution in [3.63, 3.8) is 0 Å². The van der Waals surface area contributed by atoms with Gasteiger partial charge in [-0.2, -0.15) is 0 Å². The number of rotatable bonds is 7. The Hall–Kier alpha value is -1.88. The third-order valence-corrected chi connectivity index (χ3v) is 3.07. The van der Waals surface area contributed by atoms with E-state index in [9.17, 15) is 9.59 Å². The summed E-state index contributed by atoms with van der Waals surface area (Å²) < 4.78 is 0. The van der Waals surface area contributed by atoms with Crippen molar-refractivity contribution in [3.8, 4) is 0 Å². The first kappa shape index (κ1) is 16.2. The van der Waals surface area contributed by atoms with Crippen LogP contribution in [-0.2, 0) is 9.59 Å². The minimum absolute atomic E-state index is 0.0803. The number of aliphatic carboxylic acids is 1. The molecule has 3 N–H and O–H groups in total. The molecule has 5 nitrogen and oxygen atoms in total. The summed E-state index contributed by atoms with van der Waals surface area (Å²) in [6, 6.07) is 4.89. The number of carbonyl (C=O) groups is 2. The van der Waals surface area contributed by atoms with Gasteiger partial charge in [-0.15, -0.1) is 0 Å². The lowest BCUT2D eigenvalue weighted by molar-refractivity contribution is -0.141. The van der Waals surface area contributed by atoms with E-state index in [0.717, 1.165) is 23.2 Å². The molecule has 1 atom stereocenters. The fraction of sp³-hybridized carbons (Fsp3) is 0.467. The van der Waals surface area contributed by atoms with Crippen molar-refractivity contribution in [1.29, 1.82) is 0 Å². The van der Waals surface area contributed by atoms with Crippen molar-refractivity contribution in [1.82, 2.24) is 5.32 Å². The zero-order chi connectivity index (χ0) is 15.1. The van der Waals surface area contributed by atoms with Crippen molar-refractivity contribution >= 4 is 17.6 Å². The van der Waals surface area contributed by atoms with E-state index in [0.29, 0.717) is 6.54 Å². The maximum Gasteiger partial charge on any atom is 0.321 e. The van der Waals surface area contributed by atoms with Crippen molar-refractivity contribution in [3.05, 3.63) is 29.3 Å². The molecule has 0 aliphatic rings. The smallest absolute Gasteiger partial charge is 0.321 e. The van der Waals surface area contributed by atoms with E-state index in [1.165, 1.54) is 0 Å². The summed E-state index contributed by atoms with van der Waals surface area (Å²) in [5, 5.41) is 14.7. The van der Waals surface area contributed by atoms with E-state index in [2.05, 4.69) is 10.6 Å². The number of para-hydroxylation sites is 1. The highest BCUT2D eigenvalue weighted by atomic mass is 16.4. The van der Waals surface area contributed by atoms with Gasteiger partial charge in [0.1, 0.15) is 6.04 Å². The molecule has 1 unspecified atom stereocenters. The number of amides is 1. The Morgan fingerprint density at radius 1 is 1.25 bits per heavy atom. The van der Waals surface area contributed by atoms with Crippen LogP contribution in [0.4, 0.5) is 5.69 Å². The molecule has 0 heterocycles. The van der Waals surface area contributed by atoms with Gasteiger partial charge in [-0.25, -0.2) is 0 Å². The fourth-order valence-electron chi connectivity index (χ4n) is 1.95. The molecule has 0 aliphatic carbocycles. The standard InChI is InChI=1S/C15H22N2O3/c1-4-8-16-12(15(19)20)9-13(18)17-14-10(2)6-5-7-11(14)3/h5-7,12,16H,4,8-9H2,1-3H3,(H,17,18)(H,19,20). The zero-order valence-corrected chi connectivity index (χ0v) is 12.2. The third-order valence-electron chi connectivity index (χ3n) is 3.07. The Morgan fingerprint density at radius 2 is 1.85 bits per heavy atom. The highest BCUT2D eigenvalue weighted by Crippen LogP contribution is 2.19. The lowest BCUT2D eigenvalue weighted by Crippen LogP contribution is -2.40. The molecule has 0 saturated carbocycles. The quantitative estimate of drug-likeness (QED) is 0.713. The molecule has 5 heteroatoms. The first-order valence-electron chi connectivity index (χ1n) is 6.78. The molecule has 0 bridgehead atoms. The minimum Gasteiger partial charge on any atom is -0.480 e. The molecule has 0 spiro atoms. The Kier molecular flexibility index (Phi) is 6.18. The van der Waals surface area contributed by atoms with Crippen LogP contribution in [0.5, 0.6) is 0 Å². The lowest BCUT2D eigenvalue weighted by atomic mass is 10.1. The van der Waals surface area contributed by atoms with Gasteiger partial charge in [0, 0.05) is 5.69 Å². The Balaban J connectivity index is 2.68. The van der Waals surface area contributed by atoms with Crippen LogP contribution in [0.15, 0.2) is 18.2 Å². The van der Waals surface area contributed by atoms with Crippen LogP contribution < -0.4 is 10.6 Å². The molecule has 0 fully saturated rings. The summed E-state index contributed by atoms with van der Waals surface area (Å²) in [5.41, 5.74) is 2.69. The number of nitrogens with one attached hydrogen (secondary N) is 2. The highest BCUT2D eigenvalue weighted by molar-refractivity contribution is 5.95. The van der Waals surface area contributed by atoms with Crippen molar-refractivity contribution in [2.24, 2.45) is 0 Å². The maximum atomic E-state index is 12.0. The van der Waals surface area contributed by atoms with Gasteiger partial charge in [0.15, 0.2) is 0 Å². The van der Waals surface area contributed by atoms with Crippen molar-refractivity contribution in [2.75, 3.05) is 11.9 Å². The van der Waals surface area contributed by atoms with Gasteiger partial charge in [0.25, 0.3) is 0 Å². The van der Waals surface area contributed by atoms with Crippen LogP contribution in [0.1, 0.15) is 30.9 Å². The second kappa shape index (κ2) is 7.65. The zero-order valence-electron chi connectivity index (χ0n) is 12.2. The number of benzene rings is 1. The first-order chi connectivity index (χ1) is 9.45.